The summed E-state index contributed by atoms with van der Waals surface area (Å²) in [6.45, 7) is 2.01. The number of fused-ring (bicyclic) bond motifs is 1. The highest BCUT2D eigenvalue weighted by Crippen LogP contribution is 2.55. The van der Waals surface area contributed by atoms with Crippen LogP contribution in [0.5, 0.6) is 5.75 Å². The highest BCUT2D eigenvalue weighted by atomic mass is 19.4. The summed E-state index contributed by atoms with van der Waals surface area (Å²) in [7, 11) is 1.04. The van der Waals surface area contributed by atoms with Crippen molar-refractivity contribution in [1.29, 1.82) is 0 Å². The van der Waals surface area contributed by atoms with Gasteiger partial charge in [-0.2, -0.15) is 17.6 Å². The number of carbonyl (C=O) groups excluding carboxylic acids is 1. The summed E-state index contributed by atoms with van der Waals surface area (Å²) in [4.78, 5) is 31.6. The van der Waals surface area contributed by atoms with E-state index in [1.807, 2.05) is 0 Å². The van der Waals surface area contributed by atoms with E-state index in [0.29, 0.717) is 5.52 Å². The number of hydrogen-bond donors (Lipinski definition) is 2. The molecule has 4 atom stereocenters. The number of nitrogens with one attached hydrogen (secondary N) is 2. The molecular formula is C23H20F5N3O4. The van der Waals surface area contributed by atoms with Crippen molar-refractivity contribution >= 4 is 22.5 Å². The van der Waals surface area contributed by atoms with Crippen molar-refractivity contribution < 1.29 is 36.2 Å². The molecule has 35 heavy (non-hydrogen) atoms. The number of carbonyl (C=O) groups is 1. The number of nitrogens with zero attached hydrogens (tertiary/aromatic N) is 1. The molecular weight excluding hydrogens is 477 g/mol. The fraction of sp³-hybridized carbons (Fsp3) is 0.348. The SMILES string of the molecule is COc1c([C@H]2[C@H](C(=O)Nc3ccc4nc[nH]c(=O)c4c3)O[C@@](C)(C(F)(F)F)[C@H]2C)ccc(F)c1F. The van der Waals surface area contributed by atoms with Crippen molar-refractivity contribution in [3.05, 3.63) is 64.2 Å². The van der Waals surface area contributed by atoms with E-state index in [1.54, 1.807) is 0 Å². The maximum absolute atomic E-state index is 14.4. The first-order valence-corrected chi connectivity index (χ1v) is 10.4. The van der Waals surface area contributed by atoms with Gasteiger partial charge in [0.1, 0.15) is 6.10 Å². The summed E-state index contributed by atoms with van der Waals surface area (Å²) in [5.74, 6) is -6.97. The van der Waals surface area contributed by atoms with Crippen LogP contribution in [0.1, 0.15) is 25.3 Å². The Labute approximate surface area is 195 Å². The molecule has 1 aliphatic rings. The lowest BCUT2D eigenvalue weighted by Crippen LogP contribution is -2.47. The van der Waals surface area contributed by atoms with E-state index in [-0.39, 0.29) is 16.6 Å². The van der Waals surface area contributed by atoms with Crippen molar-refractivity contribution in [3.8, 4) is 5.75 Å². The first kappa shape index (κ1) is 24.6. The smallest absolute Gasteiger partial charge is 0.417 e. The molecule has 7 nitrogen and oxygen atoms in total. The van der Waals surface area contributed by atoms with Crippen LogP contribution in [0.2, 0.25) is 0 Å². The molecule has 186 valence electrons. The fourth-order valence-electron chi connectivity index (χ4n) is 4.40. The zero-order valence-corrected chi connectivity index (χ0v) is 18.7. The Morgan fingerprint density at radius 3 is 2.60 bits per heavy atom. The van der Waals surface area contributed by atoms with Crippen LogP contribution in [0.25, 0.3) is 10.9 Å². The fourth-order valence-corrected chi connectivity index (χ4v) is 4.40. The van der Waals surface area contributed by atoms with Gasteiger partial charge >= 0.3 is 6.18 Å². The zero-order valence-electron chi connectivity index (χ0n) is 18.7. The van der Waals surface area contributed by atoms with Gasteiger partial charge in [-0.05, 0) is 31.2 Å². The number of alkyl halides is 3. The highest BCUT2D eigenvalue weighted by molar-refractivity contribution is 5.97. The topological polar surface area (TPSA) is 93.3 Å². The molecule has 4 rings (SSSR count). The van der Waals surface area contributed by atoms with Gasteiger partial charge < -0.3 is 19.8 Å². The third-order valence-electron chi connectivity index (χ3n) is 6.48. The number of halogens is 5. The van der Waals surface area contributed by atoms with Gasteiger partial charge in [-0.1, -0.05) is 13.0 Å². The van der Waals surface area contributed by atoms with E-state index in [9.17, 15) is 31.5 Å². The average molecular weight is 497 g/mol. The third kappa shape index (κ3) is 4.01. The quantitative estimate of drug-likeness (QED) is 0.525. The lowest BCUT2D eigenvalue weighted by molar-refractivity contribution is -0.272. The number of anilines is 1. The van der Waals surface area contributed by atoms with Crippen molar-refractivity contribution in [2.75, 3.05) is 12.4 Å². The Kier molecular flexibility index (Phi) is 6.04. The minimum absolute atomic E-state index is 0.105. The Balaban J connectivity index is 1.78. The van der Waals surface area contributed by atoms with Gasteiger partial charge in [-0.15, -0.1) is 0 Å². The van der Waals surface area contributed by atoms with Crippen LogP contribution in [-0.4, -0.2) is 40.9 Å². The number of rotatable bonds is 4. The summed E-state index contributed by atoms with van der Waals surface area (Å²) in [6.07, 6.45) is -5.43. The lowest BCUT2D eigenvalue weighted by Gasteiger charge is -2.32. The number of aromatic amines is 1. The van der Waals surface area contributed by atoms with E-state index in [1.165, 1.54) is 31.5 Å². The van der Waals surface area contributed by atoms with Gasteiger partial charge in [-0.3, -0.25) is 9.59 Å². The Hall–Kier alpha value is -3.54. The molecule has 1 saturated heterocycles. The Bertz CT molecular complexity index is 1360. The molecule has 1 aliphatic heterocycles. The Morgan fingerprint density at radius 1 is 1.23 bits per heavy atom. The highest BCUT2D eigenvalue weighted by Gasteiger charge is 2.65. The molecule has 12 heteroatoms. The molecule has 0 aliphatic carbocycles. The third-order valence-corrected chi connectivity index (χ3v) is 6.48. The number of hydrogen-bond acceptors (Lipinski definition) is 5. The van der Waals surface area contributed by atoms with E-state index < -0.39 is 58.6 Å². The van der Waals surface area contributed by atoms with Crippen LogP contribution in [0.15, 0.2) is 41.5 Å². The van der Waals surface area contributed by atoms with Crippen LogP contribution in [0.3, 0.4) is 0 Å². The van der Waals surface area contributed by atoms with Crippen molar-refractivity contribution in [2.45, 2.75) is 37.6 Å². The van der Waals surface area contributed by atoms with Crippen LogP contribution in [0.4, 0.5) is 27.6 Å². The number of methoxy groups -OCH3 is 1. The van der Waals surface area contributed by atoms with E-state index in [2.05, 4.69) is 15.3 Å². The molecule has 0 bridgehead atoms. The Morgan fingerprint density at radius 2 is 1.94 bits per heavy atom. The van der Waals surface area contributed by atoms with Crippen molar-refractivity contribution in [3.63, 3.8) is 0 Å². The van der Waals surface area contributed by atoms with Crippen molar-refractivity contribution in [2.24, 2.45) is 5.92 Å². The van der Waals surface area contributed by atoms with Crippen LogP contribution in [0, 0.1) is 17.6 Å². The minimum atomic E-state index is -4.88. The molecule has 0 spiro atoms. The standard InChI is InChI=1S/C23H20F5N3O4/c1-10-16(12-5-6-14(24)17(25)18(12)34-3)19(35-22(10,2)23(26,27)28)21(33)31-11-4-7-15-13(8-11)20(32)30-9-29-15/h4-10,16,19H,1-3H3,(H,31,33)(H,29,30,32)/t10-,16-,19+,22+/m0/s1. The number of H-pyrrole nitrogens is 1. The molecule has 0 saturated carbocycles. The molecule has 0 unspecified atom stereocenters. The molecule has 2 aromatic carbocycles. The summed E-state index contributed by atoms with van der Waals surface area (Å²) >= 11 is 0. The number of ether oxygens (including phenoxy) is 2. The van der Waals surface area contributed by atoms with Crippen LogP contribution in [-0.2, 0) is 9.53 Å². The van der Waals surface area contributed by atoms with Gasteiger partial charge in [-0.25, -0.2) is 9.37 Å². The maximum Gasteiger partial charge on any atom is 0.417 e. The summed E-state index contributed by atoms with van der Waals surface area (Å²) in [5, 5.41) is 2.60. The summed E-state index contributed by atoms with van der Waals surface area (Å²) < 4.78 is 80.6. The maximum atomic E-state index is 14.4. The van der Waals surface area contributed by atoms with E-state index >= 15 is 0 Å². The molecule has 1 fully saturated rings. The van der Waals surface area contributed by atoms with Gasteiger partial charge in [0.05, 0.1) is 24.3 Å². The first-order valence-electron chi connectivity index (χ1n) is 10.4. The second-order valence-corrected chi connectivity index (χ2v) is 8.39. The molecule has 2 N–H and O–H groups in total. The lowest BCUT2D eigenvalue weighted by atomic mass is 9.77. The van der Waals surface area contributed by atoms with Crippen LogP contribution >= 0.6 is 0 Å². The first-order chi connectivity index (χ1) is 16.4. The van der Waals surface area contributed by atoms with E-state index in [0.717, 1.165) is 26.2 Å². The van der Waals surface area contributed by atoms with E-state index in [4.69, 9.17) is 9.47 Å². The molecule has 2 heterocycles. The van der Waals surface area contributed by atoms with Crippen molar-refractivity contribution in [1.82, 2.24) is 9.97 Å². The largest absolute Gasteiger partial charge is 0.493 e. The van der Waals surface area contributed by atoms with Crippen LogP contribution < -0.4 is 15.6 Å². The molecule has 0 radical (unpaired) electrons. The summed E-state index contributed by atoms with van der Waals surface area (Å²) in [5.41, 5.74) is -2.96. The minimum Gasteiger partial charge on any atom is -0.493 e. The van der Waals surface area contributed by atoms with Gasteiger partial charge in [0.2, 0.25) is 5.82 Å². The number of aromatic nitrogens is 2. The number of benzene rings is 2. The second kappa shape index (κ2) is 8.59. The second-order valence-electron chi connectivity index (χ2n) is 8.39. The average Bonchev–Trinajstić information content (AvgIpc) is 3.08. The molecule has 3 aromatic rings. The zero-order chi connectivity index (χ0) is 25.7. The van der Waals surface area contributed by atoms with Gasteiger partial charge in [0.15, 0.2) is 17.2 Å². The normalized spacial score (nSPS) is 24.5. The molecule has 1 aromatic heterocycles. The van der Waals surface area contributed by atoms with Gasteiger partial charge in [0, 0.05) is 23.1 Å². The summed E-state index contributed by atoms with van der Waals surface area (Å²) in [6, 6.07) is 6.01. The van der Waals surface area contributed by atoms with Gasteiger partial charge in [0.25, 0.3) is 11.5 Å². The molecule has 1 amide bonds. The predicted octanol–water partition coefficient (Wildman–Crippen LogP) is 4.29. The predicted molar refractivity (Wildman–Crippen MR) is 115 cm³/mol. The number of amides is 1. The monoisotopic (exact) mass is 497 g/mol.